The number of Topliss-reactive ketones (excluding diaryl/α,β-unsaturated/α-hetero) is 1. The van der Waals surface area contributed by atoms with Crippen molar-refractivity contribution < 1.29 is 14.7 Å². The summed E-state index contributed by atoms with van der Waals surface area (Å²) in [6.45, 7) is 7.37. The van der Waals surface area contributed by atoms with Crippen LogP contribution in [0.4, 0.5) is 0 Å². The van der Waals surface area contributed by atoms with E-state index in [4.69, 9.17) is 0 Å². The van der Waals surface area contributed by atoms with Gasteiger partial charge in [0.2, 0.25) is 0 Å². The predicted molar refractivity (Wildman–Crippen MR) is 76.1 cm³/mol. The Hall–Kier alpha value is -2.02. The monoisotopic (exact) mass is 292 g/mol. The molecule has 1 saturated heterocycles. The van der Waals surface area contributed by atoms with E-state index in [1.165, 1.54) is 6.33 Å². The Morgan fingerprint density at radius 1 is 1.24 bits per heavy atom. The summed E-state index contributed by atoms with van der Waals surface area (Å²) in [7, 11) is 0. The van der Waals surface area contributed by atoms with Gasteiger partial charge in [0, 0.05) is 26.2 Å². The van der Waals surface area contributed by atoms with E-state index in [1.807, 2.05) is 6.92 Å². The summed E-state index contributed by atoms with van der Waals surface area (Å²) in [5.41, 5.74) is 0.424. The first-order valence-electron chi connectivity index (χ1n) is 6.96. The summed E-state index contributed by atoms with van der Waals surface area (Å²) in [5, 5.41) is 9.88. The molecule has 7 nitrogen and oxygen atoms in total. The number of hydrogen-bond acceptors (Lipinski definition) is 6. The lowest BCUT2D eigenvalue weighted by Crippen LogP contribution is -2.52. The Morgan fingerprint density at radius 3 is 2.43 bits per heavy atom. The highest BCUT2D eigenvalue weighted by molar-refractivity contribution is 5.95. The lowest BCUT2D eigenvalue weighted by Gasteiger charge is -2.37. The topological polar surface area (TPSA) is 86.6 Å². The Morgan fingerprint density at radius 2 is 1.86 bits per heavy atom. The van der Waals surface area contributed by atoms with Crippen molar-refractivity contribution in [1.29, 1.82) is 0 Å². The molecule has 1 unspecified atom stereocenters. The average molecular weight is 292 g/mol. The zero-order valence-corrected chi connectivity index (χ0v) is 12.5. The first-order valence-corrected chi connectivity index (χ1v) is 6.96. The van der Waals surface area contributed by atoms with Gasteiger partial charge in [-0.25, -0.2) is 9.97 Å². The van der Waals surface area contributed by atoms with Crippen LogP contribution in [0.2, 0.25) is 0 Å². The highest BCUT2D eigenvalue weighted by Crippen LogP contribution is 2.19. The molecule has 1 N–H and O–H groups in total. The van der Waals surface area contributed by atoms with Crippen LogP contribution in [0.5, 0.6) is 5.75 Å². The maximum Gasteiger partial charge on any atom is 0.276 e. The molecule has 1 aromatic heterocycles. The minimum Gasteiger partial charge on any atom is -0.504 e. The highest BCUT2D eigenvalue weighted by atomic mass is 16.3. The van der Waals surface area contributed by atoms with Crippen LogP contribution in [0.25, 0.3) is 0 Å². The summed E-state index contributed by atoms with van der Waals surface area (Å²) in [5.74, 6) is -0.339. The maximum absolute atomic E-state index is 12.4. The maximum atomic E-state index is 12.4. The number of aromatic nitrogens is 2. The third-order valence-electron chi connectivity index (χ3n) is 3.95. The van der Waals surface area contributed by atoms with E-state index in [-0.39, 0.29) is 29.2 Å². The molecular weight excluding hydrogens is 272 g/mol. The summed E-state index contributed by atoms with van der Waals surface area (Å²) >= 11 is 0. The molecule has 1 aromatic rings. The van der Waals surface area contributed by atoms with E-state index in [1.54, 1.807) is 18.7 Å². The number of aromatic hydroxyl groups is 1. The van der Waals surface area contributed by atoms with Crippen LogP contribution in [0.1, 0.15) is 30.0 Å². The molecule has 0 saturated carbocycles. The van der Waals surface area contributed by atoms with Gasteiger partial charge in [0.1, 0.15) is 12.1 Å². The SMILES string of the molecule is CC(=O)C(C)N1CCN(C(=O)c2ncnc(C)c2O)CC1. The van der Waals surface area contributed by atoms with E-state index in [0.29, 0.717) is 31.9 Å². The lowest BCUT2D eigenvalue weighted by atomic mass is 10.1. The third-order valence-corrected chi connectivity index (χ3v) is 3.95. The van der Waals surface area contributed by atoms with Crippen molar-refractivity contribution in [3.63, 3.8) is 0 Å². The quantitative estimate of drug-likeness (QED) is 0.858. The third kappa shape index (κ3) is 3.18. The molecule has 1 aliphatic heterocycles. The van der Waals surface area contributed by atoms with Gasteiger partial charge >= 0.3 is 0 Å². The van der Waals surface area contributed by atoms with Gasteiger partial charge in [0.15, 0.2) is 11.4 Å². The van der Waals surface area contributed by atoms with Gasteiger partial charge in [-0.1, -0.05) is 0 Å². The number of ketones is 1. The van der Waals surface area contributed by atoms with Gasteiger partial charge in [0.05, 0.1) is 11.7 Å². The fraction of sp³-hybridized carbons (Fsp3) is 0.571. The van der Waals surface area contributed by atoms with E-state index in [9.17, 15) is 14.7 Å². The molecule has 7 heteroatoms. The van der Waals surface area contributed by atoms with E-state index in [0.717, 1.165) is 0 Å². The smallest absolute Gasteiger partial charge is 0.276 e. The Labute approximate surface area is 123 Å². The molecule has 2 heterocycles. The number of nitrogens with zero attached hydrogens (tertiary/aromatic N) is 4. The van der Waals surface area contributed by atoms with Crippen LogP contribution >= 0.6 is 0 Å². The van der Waals surface area contributed by atoms with Crippen LogP contribution < -0.4 is 0 Å². The number of hydrogen-bond donors (Lipinski definition) is 1. The number of aryl methyl sites for hydroxylation is 1. The largest absolute Gasteiger partial charge is 0.504 e. The van der Waals surface area contributed by atoms with Gasteiger partial charge in [-0.05, 0) is 20.8 Å². The van der Waals surface area contributed by atoms with Crippen molar-refractivity contribution >= 4 is 11.7 Å². The Balaban J connectivity index is 2.04. The normalized spacial score (nSPS) is 17.6. The number of rotatable bonds is 3. The van der Waals surface area contributed by atoms with Crippen molar-refractivity contribution in [2.24, 2.45) is 0 Å². The second kappa shape index (κ2) is 6.17. The summed E-state index contributed by atoms with van der Waals surface area (Å²) in [4.78, 5) is 35.2. The molecule has 2 rings (SSSR count). The molecule has 1 aliphatic rings. The molecule has 1 amide bonds. The number of carbonyl (C=O) groups excluding carboxylic acids is 2. The minimum atomic E-state index is -0.298. The van der Waals surface area contributed by atoms with Crippen LogP contribution in [-0.4, -0.2) is 68.8 Å². The number of carbonyl (C=O) groups is 2. The summed E-state index contributed by atoms with van der Waals surface area (Å²) in [6.07, 6.45) is 1.27. The zero-order valence-electron chi connectivity index (χ0n) is 12.5. The molecular formula is C14H20N4O3. The summed E-state index contributed by atoms with van der Waals surface area (Å²) < 4.78 is 0. The molecule has 0 aromatic carbocycles. The first-order chi connectivity index (χ1) is 9.91. The van der Waals surface area contributed by atoms with Gasteiger partial charge in [-0.2, -0.15) is 0 Å². The van der Waals surface area contributed by atoms with Gasteiger partial charge in [-0.15, -0.1) is 0 Å². The van der Waals surface area contributed by atoms with Crippen LogP contribution in [0.3, 0.4) is 0 Å². The molecule has 1 fully saturated rings. The van der Waals surface area contributed by atoms with Crippen LogP contribution in [0.15, 0.2) is 6.33 Å². The zero-order chi connectivity index (χ0) is 15.6. The molecule has 0 bridgehead atoms. The van der Waals surface area contributed by atoms with Crippen LogP contribution in [0, 0.1) is 6.92 Å². The number of amides is 1. The summed E-state index contributed by atoms with van der Waals surface area (Å²) in [6, 6.07) is -0.128. The van der Waals surface area contributed by atoms with E-state index < -0.39 is 0 Å². The second-order valence-electron chi connectivity index (χ2n) is 5.27. The number of piperazine rings is 1. The molecule has 21 heavy (non-hydrogen) atoms. The fourth-order valence-corrected chi connectivity index (χ4v) is 2.34. The van der Waals surface area contributed by atoms with Crippen LogP contribution in [-0.2, 0) is 4.79 Å². The van der Waals surface area contributed by atoms with Crippen molar-refractivity contribution in [1.82, 2.24) is 19.8 Å². The molecule has 1 atom stereocenters. The van der Waals surface area contributed by atoms with Gasteiger partial charge in [0.25, 0.3) is 5.91 Å². The average Bonchev–Trinajstić information content (AvgIpc) is 2.48. The lowest BCUT2D eigenvalue weighted by molar-refractivity contribution is -0.122. The Bertz CT molecular complexity index is 553. The van der Waals surface area contributed by atoms with E-state index in [2.05, 4.69) is 14.9 Å². The fourth-order valence-electron chi connectivity index (χ4n) is 2.34. The predicted octanol–water partition coefficient (Wildman–Crippen LogP) is 0.226. The van der Waals surface area contributed by atoms with Gasteiger partial charge in [-0.3, -0.25) is 14.5 Å². The molecule has 114 valence electrons. The molecule has 0 radical (unpaired) electrons. The minimum absolute atomic E-state index is 0.0376. The van der Waals surface area contributed by atoms with Crippen molar-refractivity contribution in [3.05, 3.63) is 17.7 Å². The van der Waals surface area contributed by atoms with E-state index >= 15 is 0 Å². The van der Waals surface area contributed by atoms with Crippen molar-refractivity contribution in [2.45, 2.75) is 26.8 Å². The first kappa shape index (κ1) is 15.4. The second-order valence-corrected chi connectivity index (χ2v) is 5.27. The standard InChI is InChI=1S/C14H20N4O3/c1-9-13(20)12(16-8-15-9)14(21)18-6-4-17(5-7-18)10(2)11(3)19/h8,10,20H,4-7H2,1-3H3. The van der Waals surface area contributed by atoms with Crippen molar-refractivity contribution in [2.75, 3.05) is 26.2 Å². The molecule has 0 aliphatic carbocycles. The van der Waals surface area contributed by atoms with Gasteiger partial charge < -0.3 is 10.0 Å². The molecule has 0 spiro atoms. The highest BCUT2D eigenvalue weighted by Gasteiger charge is 2.28. The van der Waals surface area contributed by atoms with Crippen molar-refractivity contribution in [3.8, 4) is 5.75 Å². The Kier molecular flexibility index (Phi) is 4.52.